The van der Waals surface area contributed by atoms with Crippen LogP contribution in [0.25, 0.3) is 0 Å². The predicted molar refractivity (Wildman–Crippen MR) is 306 cm³/mol. The van der Waals surface area contributed by atoms with Gasteiger partial charge in [-0.1, -0.05) is 94.2 Å². The van der Waals surface area contributed by atoms with Gasteiger partial charge in [0.15, 0.2) is 6.10 Å². The molecule has 0 radical (unpaired) electrons. The maximum atomic E-state index is 15.0. The monoisotopic (exact) mass is 1150 g/mol. The standard InChI is InChI=1S/C59H95N9O14/c1-19-36(9)49-51(71)60-32-45(70)64(14)47(34(5)6)52(72)61-42(31-40-24-26-41(80-18)27-25-40)59(79)82-38(11)54(74)68-29-22-21-23-44(68)56(76)65(15)48(35(7)8)53(73)62-46(33(3)4)57(77)63(13)43(28-30-81-39(12)69)55(75)67(17)50(37(10)20-2)58(78)66(49)16/h24-27,33-38,42-44,46-50H,19-23,28-32H2,1-18H3,(H,60,71)(H,61,72)(H,62,73)/t36-,37+,38-,42+,43+,44+,46+,47+,48+,49+,50+/m1/s1. The number of hydrogen-bond acceptors (Lipinski definition) is 14. The second kappa shape index (κ2) is 31.6. The van der Waals surface area contributed by atoms with E-state index in [1.807, 2.05) is 13.8 Å². The van der Waals surface area contributed by atoms with Gasteiger partial charge < -0.3 is 59.6 Å². The van der Waals surface area contributed by atoms with Crippen LogP contribution in [-0.2, 0) is 68.6 Å². The third-order valence-corrected chi connectivity index (χ3v) is 16.1. The summed E-state index contributed by atoms with van der Waals surface area (Å²) in [6.45, 7) is 19.3. The van der Waals surface area contributed by atoms with Gasteiger partial charge in [-0.2, -0.15) is 0 Å². The summed E-state index contributed by atoms with van der Waals surface area (Å²) in [6.07, 6.45) is 0.333. The molecule has 1 aromatic carbocycles. The molecule has 0 unspecified atom stereocenters. The van der Waals surface area contributed by atoms with E-state index in [1.165, 1.54) is 75.8 Å². The van der Waals surface area contributed by atoms with Crippen molar-refractivity contribution in [1.29, 1.82) is 0 Å². The van der Waals surface area contributed by atoms with Crippen molar-refractivity contribution < 1.29 is 67.0 Å². The number of ether oxygens (including phenoxy) is 3. The number of rotatable bonds is 13. The summed E-state index contributed by atoms with van der Waals surface area (Å²) >= 11 is 0. The smallest absolute Gasteiger partial charge is 0.329 e. The number of esters is 2. The van der Waals surface area contributed by atoms with Crippen molar-refractivity contribution in [2.45, 2.75) is 182 Å². The van der Waals surface area contributed by atoms with Crippen LogP contribution in [0.4, 0.5) is 0 Å². The van der Waals surface area contributed by atoms with Gasteiger partial charge in [0.1, 0.15) is 54.1 Å². The van der Waals surface area contributed by atoms with Crippen molar-refractivity contribution >= 4 is 65.1 Å². The average Bonchev–Trinajstić information content (AvgIpc) is 3.59. The van der Waals surface area contributed by atoms with Gasteiger partial charge >= 0.3 is 11.9 Å². The van der Waals surface area contributed by atoms with E-state index in [1.54, 1.807) is 79.7 Å². The van der Waals surface area contributed by atoms with Gasteiger partial charge in [-0.15, -0.1) is 0 Å². The minimum atomic E-state index is -1.46. The van der Waals surface area contributed by atoms with E-state index in [4.69, 9.17) is 14.2 Å². The van der Waals surface area contributed by atoms with E-state index in [0.717, 1.165) is 9.80 Å². The van der Waals surface area contributed by atoms with Crippen LogP contribution in [-0.4, -0.2) is 211 Å². The fraction of sp³-hybridized carbons (Fsp3) is 0.712. The van der Waals surface area contributed by atoms with Gasteiger partial charge in [0, 0.05) is 61.5 Å². The maximum absolute atomic E-state index is 15.0. The Balaban J connectivity index is 2.28. The topological polar surface area (TPSA) is 271 Å². The van der Waals surface area contributed by atoms with E-state index in [0.29, 0.717) is 37.0 Å². The highest BCUT2D eigenvalue weighted by molar-refractivity contribution is 5.99. The fourth-order valence-corrected chi connectivity index (χ4v) is 10.9. The highest BCUT2D eigenvalue weighted by Gasteiger charge is 2.45. The number of piperidine rings is 1. The summed E-state index contributed by atoms with van der Waals surface area (Å²) in [5.74, 6) is -9.77. The maximum Gasteiger partial charge on any atom is 0.329 e. The third kappa shape index (κ3) is 17.6. The van der Waals surface area contributed by atoms with Crippen LogP contribution in [0, 0.1) is 29.6 Å². The summed E-state index contributed by atoms with van der Waals surface area (Å²) in [6, 6.07) is -3.11. The molecule has 0 aliphatic carbocycles. The molecule has 0 saturated carbocycles. The highest BCUT2D eigenvalue weighted by Crippen LogP contribution is 2.26. The summed E-state index contributed by atoms with van der Waals surface area (Å²) in [7, 11) is 8.58. The number of amides is 9. The van der Waals surface area contributed by atoms with E-state index in [9.17, 15) is 43.2 Å². The van der Waals surface area contributed by atoms with Crippen LogP contribution < -0.4 is 20.7 Å². The number of benzene rings is 1. The molecular formula is C59H95N9O14. The normalized spacial score (nSPS) is 26.3. The Hall–Kier alpha value is -6.81. The average molecular weight is 1150 g/mol. The Morgan fingerprint density at radius 2 is 1.17 bits per heavy atom. The predicted octanol–water partition coefficient (Wildman–Crippen LogP) is 2.80. The number of nitrogens with zero attached hydrogens (tertiary/aromatic N) is 6. The summed E-state index contributed by atoms with van der Waals surface area (Å²) in [5.41, 5.74) is 0.588. The lowest BCUT2D eigenvalue weighted by Gasteiger charge is -2.41. The zero-order valence-corrected chi connectivity index (χ0v) is 51.9. The molecule has 11 atom stereocenters. The molecule has 2 fully saturated rings. The molecule has 0 spiro atoms. The molecule has 0 aromatic heterocycles. The number of carbonyl (C=O) groups excluding carboxylic acids is 11. The minimum Gasteiger partial charge on any atom is -0.497 e. The Morgan fingerprint density at radius 3 is 1.71 bits per heavy atom. The van der Waals surface area contributed by atoms with Crippen LogP contribution in [0.15, 0.2) is 24.3 Å². The van der Waals surface area contributed by atoms with Crippen LogP contribution >= 0.6 is 0 Å². The van der Waals surface area contributed by atoms with Crippen LogP contribution in [0.2, 0.25) is 0 Å². The quantitative estimate of drug-likeness (QED) is 0.240. The lowest BCUT2D eigenvalue weighted by Crippen LogP contribution is -2.63. The first-order valence-corrected chi connectivity index (χ1v) is 28.9. The number of likely N-dealkylation sites (N-methyl/N-ethyl adjacent to an activating group) is 5. The molecule has 3 rings (SSSR count). The molecule has 0 bridgehead atoms. The summed E-state index contributed by atoms with van der Waals surface area (Å²) < 4.78 is 16.5. The SMILES string of the molecule is CC[C@@H](C)[C@H]1C(=O)NCC(=O)N(C)[C@@H](C(C)C)C(=O)N[C@@H](Cc2ccc(OC)cc2)C(=O)O[C@H](C)C(=O)N2CCCC[C@H]2C(=O)N(C)[C@@H](C(C)C)C(=O)N[C@@H](C(C)C)C(=O)N(C)[C@@H](CCOC(C)=O)C(=O)N(C)[C@@H]([C@@H](C)CC)C(=O)N1C. The largest absolute Gasteiger partial charge is 0.497 e. The van der Waals surface area contributed by atoms with Crippen molar-refractivity contribution in [3.8, 4) is 5.75 Å². The zero-order valence-electron chi connectivity index (χ0n) is 51.9. The number of hydrogen-bond donors (Lipinski definition) is 3. The van der Waals surface area contributed by atoms with E-state index >= 15 is 9.59 Å². The molecule has 3 N–H and O–H groups in total. The Kier molecular flexibility index (Phi) is 26.7. The zero-order chi connectivity index (χ0) is 62.2. The van der Waals surface area contributed by atoms with Crippen molar-refractivity contribution in [3.63, 3.8) is 0 Å². The molecule has 1 aromatic rings. The van der Waals surface area contributed by atoms with Gasteiger partial charge in [-0.05, 0) is 73.5 Å². The van der Waals surface area contributed by atoms with Gasteiger partial charge in [0.2, 0.25) is 47.3 Å². The number of nitrogens with one attached hydrogen (secondary N) is 3. The van der Waals surface area contributed by atoms with Crippen LogP contribution in [0.5, 0.6) is 5.75 Å². The van der Waals surface area contributed by atoms with Gasteiger partial charge in [-0.3, -0.25) is 47.9 Å². The van der Waals surface area contributed by atoms with E-state index < -0.39 is 156 Å². The van der Waals surface area contributed by atoms with Crippen molar-refractivity contribution in [3.05, 3.63) is 29.8 Å². The summed E-state index contributed by atoms with van der Waals surface area (Å²) in [4.78, 5) is 166. The third-order valence-electron chi connectivity index (χ3n) is 16.1. The fourth-order valence-electron chi connectivity index (χ4n) is 10.9. The molecule has 2 aliphatic heterocycles. The molecule has 2 aliphatic rings. The molecule has 9 amide bonds. The molecule has 82 heavy (non-hydrogen) atoms. The second-order valence-electron chi connectivity index (χ2n) is 23.2. The van der Waals surface area contributed by atoms with Crippen molar-refractivity contribution in [2.24, 2.45) is 29.6 Å². The highest BCUT2D eigenvalue weighted by atomic mass is 16.6. The van der Waals surface area contributed by atoms with Crippen LogP contribution in [0.1, 0.15) is 127 Å². The Morgan fingerprint density at radius 1 is 0.634 bits per heavy atom. The van der Waals surface area contributed by atoms with Crippen molar-refractivity contribution in [1.82, 2.24) is 45.3 Å². The van der Waals surface area contributed by atoms with Crippen LogP contribution in [0.3, 0.4) is 0 Å². The number of fused-ring (bicyclic) bond motifs is 1. The molecule has 23 heteroatoms. The van der Waals surface area contributed by atoms with Gasteiger partial charge in [0.05, 0.1) is 20.3 Å². The van der Waals surface area contributed by atoms with E-state index in [-0.39, 0.29) is 32.4 Å². The molecular weight excluding hydrogens is 1060 g/mol. The van der Waals surface area contributed by atoms with Gasteiger partial charge in [0.25, 0.3) is 5.91 Å². The number of cyclic esters (lactones) is 1. The first-order valence-electron chi connectivity index (χ1n) is 28.9. The lowest BCUT2D eigenvalue weighted by molar-refractivity contribution is -0.165. The molecule has 460 valence electrons. The second-order valence-corrected chi connectivity index (χ2v) is 23.2. The first-order chi connectivity index (χ1) is 38.4. The Labute approximate surface area is 485 Å². The van der Waals surface area contributed by atoms with Gasteiger partial charge in [-0.25, -0.2) is 4.79 Å². The van der Waals surface area contributed by atoms with E-state index in [2.05, 4.69) is 16.0 Å². The number of methoxy groups -OCH3 is 1. The minimum absolute atomic E-state index is 0.108. The molecule has 2 heterocycles. The molecule has 23 nitrogen and oxygen atoms in total. The number of carbonyl (C=O) groups is 11. The molecule has 2 saturated heterocycles. The summed E-state index contributed by atoms with van der Waals surface area (Å²) in [5, 5.41) is 8.31. The van der Waals surface area contributed by atoms with Crippen molar-refractivity contribution in [2.75, 3.05) is 62.0 Å². The first kappa shape index (κ1) is 69.5. The Bertz CT molecular complexity index is 2420. The lowest BCUT2D eigenvalue weighted by atomic mass is 9.92.